The van der Waals surface area contributed by atoms with Crippen LogP contribution in [-0.2, 0) is 17.9 Å². The summed E-state index contributed by atoms with van der Waals surface area (Å²) in [6, 6.07) is 5.61. The molecule has 0 atom stereocenters. The molecule has 1 aromatic heterocycles. The number of carbonyl (C=O) groups is 1. The molecule has 138 valence electrons. The summed E-state index contributed by atoms with van der Waals surface area (Å²) in [7, 11) is 0. The molecule has 1 aromatic carbocycles. The number of rotatable bonds is 7. The lowest BCUT2D eigenvalue weighted by Crippen LogP contribution is -2.20. The molecule has 1 amide bonds. The normalized spacial score (nSPS) is 12.7. The Kier molecular flexibility index (Phi) is 5.83. The molecule has 1 aliphatic heterocycles. The van der Waals surface area contributed by atoms with Crippen molar-refractivity contribution in [1.29, 1.82) is 0 Å². The average Bonchev–Trinajstić information content (AvgIpc) is 3.20. The summed E-state index contributed by atoms with van der Waals surface area (Å²) in [4.78, 5) is 12.1. The van der Waals surface area contributed by atoms with Gasteiger partial charge in [-0.15, -0.1) is 0 Å². The van der Waals surface area contributed by atoms with Crippen LogP contribution >= 0.6 is 11.6 Å². The van der Waals surface area contributed by atoms with E-state index >= 15 is 0 Å². The van der Waals surface area contributed by atoms with Crippen molar-refractivity contribution in [2.45, 2.75) is 39.8 Å². The van der Waals surface area contributed by atoms with Gasteiger partial charge in [-0.25, -0.2) is 0 Å². The highest BCUT2D eigenvalue weighted by Gasteiger charge is 2.13. The minimum Gasteiger partial charge on any atom is -0.454 e. The molecule has 3 rings (SSSR count). The van der Waals surface area contributed by atoms with Gasteiger partial charge in [-0.2, -0.15) is 5.10 Å². The van der Waals surface area contributed by atoms with E-state index in [-0.39, 0.29) is 12.7 Å². The quantitative estimate of drug-likeness (QED) is 0.749. The van der Waals surface area contributed by atoms with Crippen molar-refractivity contribution in [2.75, 3.05) is 6.79 Å². The van der Waals surface area contributed by atoms with E-state index in [1.54, 1.807) is 10.8 Å². The lowest BCUT2D eigenvalue weighted by Gasteiger charge is -2.04. The van der Waals surface area contributed by atoms with Crippen molar-refractivity contribution in [1.82, 2.24) is 15.1 Å². The van der Waals surface area contributed by atoms with Crippen molar-refractivity contribution in [3.8, 4) is 11.5 Å². The maximum atomic E-state index is 12.1. The van der Waals surface area contributed by atoms with E-state index in [9.17, 15) is 4.79 Å². The number of benzene rings is 1. The van der Waals surface area contributed by atoms with Gasteiger partial charge in [0.2, 0.25) is 12.7 Å². The number of hydrogen-bond donors (Lipinski definition) is 1. The molecule has 0 aliphatic carbocycles. The molecule has 6 nitrogen and oxygen atoms in total. The van der Waals surface area contributed by atoms with Crippen molar-refractivity contribution >= 4 is 23.6 Å². The first-order valence-corrected chi connectivity index (χ1v) is 9.03. The highest BCUT2D eigenvalue weighted by Crippen LogP contribution is 2.32. The summed E-state index contributed by atoms with van der Waals surface area (Å²) in [5, 5.41) is 7.84. The van der Waals surface area contributed by atoms with Gasteiger partial charge in [0.1, 0.15) is 5.15 Å². The number of amides is 1. The van der Waals surface area contributed by atoms with Gasteiger partial charge in [0.25, 0.3) is 0 Å². The number of ether oxygens (including phenoxy) is 2. The number of unbranched alkanes of at least 4 members (excludes halogenated alkanes) is 1. The van der Waals surface area contributed by atoms with E-state index in [1.807, 2.05) is 25.1 Å². The van der Waals surface area contributed by atoms with Gasteiger partial charge in [-0.1, -0.05) is 31.0 Å². The molecule has 0 unspecified atom stereocenters. The summed E-state index contributed by atoms with van der Waals surface area (Å²) >= 11 is 6.37. The molecule has 1 N–H and O–H groups in total. The number of nitrogens with one attached hydrogen (secondary N) is 1. The van der Waals surface area contributed by atoms with E-state index < -0.39 is 0 Å². The fraction of sp³-hybridized carbons (Fsp3) is 0.368. The first-order chi connectivity index (χ1) is 12.6. The van der Waals surface area contributed by atoms with Crippen LogP contribution in [0.3, 0.4) is 0 Å². The standard InChI is InChI=1S/C19H22ClN3O3/c1-3-4-9-23-19(20)15(13(2)22-23)6-8-18(24)21-11-14-5-7-16-17(10-14)26-12-25-16/h5-8,10H,3-4,9,11-12H2,1-2H3,(H,21,24). The zero-order chi connectivity index (χ0) is 18.5. The van der Waals surface area contributed by atoms with Crippen molar-refractivity contribution in [2.24, 2.45) is 0 Å². The second kappa shape index (κ2) is 8.27. The lowest BCUT2D eigenvalue weighted by molar-refractivity contribution is -0.116. The fourth-order valence-corrected chi connectivity index (χ4v) is 2.99. The Morgan fingerprint density at radius 3 is 3.00 bits per heavy atom. The summed E-state index contributed by atoms with van der Waals surface area (Å²) in [6.07, 6.45) is 5.28. The summed E-state index contributed by atoms with van der Waals surface area (Å²) in [5.74, 6) is 1.24. The third-order valence-corrected chi connectivity index (χ3v) is 4.54. The molecule has 0 spiro atoms. The number of aryl methyl sites for hydroxylation is 2. The molecule has 0 radical (unpaired) electrons. The highest BCUT2D eigenvalue weighted by atomic mass is 35.5. The van der Waals surface area contributed by atoms with E-state index in [0.29, 0.717) is 17.4 Å². The molecule has 0 saturated carbocycles. The first-order valence-electron chi connectivity index (χ1n) is 8.66. The van der Waals surface area contributed by atoms with Crippen LogP contribution in [0.4, 0.5) is 0 Å². The fourth-order valence-electron chi connectivity index (χ4n) is 2.67. The molecule has 0 saturated heterocycles. The molecular formula is C19H22ClN3O3. The number of hydrogen-bond acceptors (Lipinski definition) is 4. The van der Waals surface area contributed by atoms with E-state index in [4.69, 9.17) is 21.1 Å². The van der Waals surface area contributed by atoms with Crippen LogP contribution in [0.5, 0.6) is 11.5 Å². The predicted molar refractivity (Wildman–Crippen MR) is 100 cm³/mol. The molecule has 1 aliphatic rings. The van der Waals surface area contributed by atoms with Crippen LogP contribution in [0.15, 0.2) is 24.3 Å². The SMILES string of the molecule is CCCCn1nc(C)c(C=CC(=O)NCc2ccc3c(c2)OCO3)c1Cl. The summed E-state index contributed by atoms with van der Waals surface area (Å²) < 4.78 is 12.4. The molecular weight excluding hydrogens is 354 g/mol. The van der Waals surface area contributed by atoms with E-state index in [0.717, 1.165) is 42.0 Å². The van der Waals surface area contributed by atoms with Crippen LogP contribution in [-0.4, -0.2) is 22.5 Å². The van der Waals surface area contributed by atoms with Crippen LogP contribution < -0.4 is 14.8 Å². The molecule has 2 aromatic rings. The Morgan fingerprint density at radius 2 is 2.19 bits per heavy atom. The summed E-state index contributed by atoms with van der Waals surface area (Å²) in [5.41, 5.74) is 2.53. The third-order valence-electron chi connectivity index (χ3n) is 4.14. The number of halogens is 1. The van der Waals surface area contributed by atoms with Gasteiger partial charge in [-0.3, -0.25) is 9.48 Å². The second-order valence-electron chi connectivity index (χ2n) is 6.11. The smallest absolute Gasteiger partial charge is 0.244 e. The molecule has 26 heavy (non-hydrogen) atoms. The van der Waals surface area contributed by atoms with Gasteiger partial charge >= 0.3 is 0 Å². The number of carbonyl (C=O) groups excluding carboxylic acids is 1. The topological polar surface area (TPSA) is 65.4 Å². The number of aromatic nitrogens is 2. The van der Waals surface area contributed by atoms with Crippen LogP contribution in [0.2, 0.25) is 5.15 Å². The highest BCUT2D eigenvalue weighted by molar-refractivity contribution is 6.31. The molecule has 0 fully saturated rings. The number of fused-ring (bicyclic) bond motifs is 1. The largest absolute Gasteiger partial charge is 0.454 e. The Bertz CT molecular complexity index is 830. The zero-order valence-corrected chi connectivity index (χ0v) is 15.7. The molecule has 0 bridgehead atoms. The van der Waals surface area contributed by atoms with E-state index in [1.165, 1.54) is 6.08 Å². The van der Waals surface area contributed by atoms with Crippen molar-refractivity contribution < 1.29 is 14.3 Å². The average molecular weight is 376 g/mol. The maximum Gasteiger partial charge on any atom is 0.244 e. The van der Waals surface area contributed by atoms with Gasteiger partial charge in [-0.05, 0) is 37.1 Å². The second-order valence-corrected chi connectivity index (χ2v) is 6.46. The number of nitrogens with zero attached hydrogens (tertiary/aromatic N) is 2. The molecule has 7 heteroatoms. The van der Waals surface area contributed by atoms with Crippen molar-refractivity contribution in [3.63, 3.8) is 0 Å². The van der Waals surface area contributed by atoms with Crippen LogP contribution in [0, 0.1) is 6.92 Å². The Balaban J connectivity index is 1.58. The summed E-state index contributed by atoms with van der Waals surface area (Å²) in [6.45, 7) is 5.43. The van der Waals surface area contributed by atoms with Crippen molar-refractivity contribution in [3.05, 3.63) is 46.2 Å². The Morgan fingerprint density at radius 1 is 1.38 bits per heavy atom. The third kappa shape index (κ3) is 4.19. The minimum absolute atomic E-state index is 0.195. The van der Waals surface area contributed by atoms with Crippen LogP contribution in [0.1, 0.15) is 36.6 Å². The van der Waals surface area contributed by atoms with Gasteiger partial charge in [0.05, 0.1) is 5.69 Å². The zero-order valence-electron chi connectivity index (χ0n) is 14.9. The van der Waals surface area contributed by atoms with Gasteiger partial charge < -0.3 is 14.8 Å². The minimum atomic E-state index is -0.195. The Labute approximate surface area is 157 Å². The maximum absolute atomic E-state index is 12.1. The first kappa shape index (κ1) is 18.3. The monoisotopic (exact) mass is 375 g/mol. The van der Waals surface area contributed by atoms with Gasteiger partial charge in [0, 0.05) is 24.7 Å². The van der Waals surface area contributed by atoms with Gasteiger partial charge in [0.15, 0.2) is 11.5 Å². The predicted octanol–water partition coefficient (Wildman–Crippen LogP) is 3.70. The Hall–Kier alpha value is -2.47. The van der Waals surface area contributed by atoms with E-state index in [2.05, 4.69) is 17.3 Å². The molecule has 2 heterocycles. The lowest BCUT2D eigenvalue weighted by atomic mass is 10.2. The van der Waals surface area contributed by atoms with Crippen LogP contribution in [0.25, 0.3) is 6.08 Å².